The lowest BCUT2D eigenvalue weighted by Crippen LogP contribution is -2.41. The van der Waals surface area contributed by atoms with Gasteiger partial charge in [0.25, 0.3) is 0 Å². The first-order chi connectivity index (χ1) is 5.88. The molecule has 0 fully saturated rings. The Kier molecular flexibility index (Phi) is 7.87. The summed E-state index contributed by atoms with van der Waals surface area (Å²) >= 11 is 0. The van der Waals surface area contributed by atoms with Crippen LogP contribution in [0.3, 0.4) is 0 Å². The van der Waals surface area contributed by atoms with Crippen molar-refractivity contribution in [3.63, 3.8) is 0 Å². The first kappa shape index (κ1) is 16.0. The van der Waals surface area contributed by atoms with Crippen LogP contribution in [-0.4, -0.2) is 25.3 Å². The van der Waals surface area contributed by atoms with E-state index in [0.717, 1.165) is 0 Å². The van der Waals surface area contributed by atoms with Crippen LogP contribution in [0.4, 0.5) is 4.79 Å². The van der Waals surface area contributed by atoms with Gasteiger partial charge < -0.3 is 15.8 Å². The summed E-state index contributed by atoms with van der Waals surface area (Å²) < 4.78 is 4.90. The maximum Gasteiger partial charge on any atom is 0.407 e. The molecule has 1 amide bonds. The molecular weight excluding hydrogens is 204 g/mol. The number of carbonyl (C=O) groups is 1. The molecule has 86 valence electrons. The lowest BCUT2D eigenvalue weighted by Gasteiger charge is -2.26. The lowest BCUT2D eigenvalue weighted by atomic mass is 9.88. The number of amides is 1. The van der Waals surface area contributed by atoms with E-state index in [-0.39, 0.29) is 30.5 Å². The Morgan fingerprint density at radius 2 is 2.00 bits per heavy atom. The molecule has 0 aromatic carbocycles. The van der Waals surface area contributed by atoms with Crippen LogP contribution in [0.25, 0.3) is 0 Å². The summed E-state index contributed by atoms with van der Waals surface area (Å²) in [5, 5.41) is 2.54. The summed E-state index contributed by atoms with van der Waals surface area (Å²) in [4.78, 5) is 10.9. The van der Waals surface area contributed by atoms with E-state index in [0.29, 0.717) is 6.54 Å². The molecule has 0 heterocycles. The van der Waals surface area contributed by atoms with Crippen LogP contribution < -0.4 is 11.1 Å². The molecule has 0 aromatic heterocycles. The van der Waals surface area contributed by atoms with Gasteiger partial charge in [0.2, 0.25) is 0 Å². The Morgan fingerprint density at radius 1 is 1.50 bits per heavy atom. The monoisotopic (exact) mass is 224 g/mol. The molecule has 0 unspecified atom stereocenters. The van der Waals surface area contributed by atoms with Gasteiger partial charge >= 0.3 is 6.09 Å². The second kappa shape index (κ2) is 6.90. The summed E-state index contributed by atoms with van der Waals surface area (Å²) in [6.07, 6.45) is -0.401. The van der Waals surface area contributed by atoms with Crippen molar-refractivity contribution < 1.29 is 9.53 Å². The van der Waals surface area contributed by atoms with Crippen molar-refractivity contribution in [1.82, 2.24) is 5.32 Å². The molecule has 0 aliphatic heterocycles. The van der Waals surface area contributed by atoms with E-state index in [1.807, 2.05) is 27.7 Å². The average molecular weight is 225 g/mol. The largest absolute Gasteiger partial charge is 0.448 e. The summed E-state index contributed by atoms with van der Waals surface area (Å²) in [6.45, 7) is 8.71. The summed E-state index contributed by atoms with van der Waals surface area (Å²) in [5.41, 5.74) is 5.75. The predicted octanol–water partition coefficient (Wildman–Crippen LogP) is 1.53. The van der Waals surface area contributed by atoms with Gasteiger partial charge in [0.05, 0.1) is 0 Å². The van der Waals surface area contributed by atoms with Gasteiger partial charge in [-0.25, -0.2) is 4.79 Å². The molecule has 0 rings (SSSR count). The molecule has 0 aliphatic carbocycles. The average Bonchev–Trinajstić information content (AvgIpc) is 1.99. The number of rotatable bonds is 3. The molecule has 5 heteroatoms. The highest BCUT2D eigenvalue weighted by atomic mass is 35.5. The van der Waals surface area contributed by atoms with Gasteiger partial charge in [-0.3, -0.25) is 0 Å². The van der Waals surface area contributed by atoms with E-state index in [4.69, 9.17) is 10.5 Å². The normalized spacial score (nSPS) is 12.6. The summed E-state index contributed by atoms with van der Waals surface area (Å²) in [6, 6.07) is -0.130. The molecule has 0 aromatic rings. The van der Waals surface area contributed by atoms with Crippen LogP contribution in [0.2, 0.25) is 0 Å². The quantitative estimate of drug-likeness (QED) is 0.764. The minimum atomic E-state index is -0.401. The van der Waals surface area contributed by atoms with Crippen LogP contribution in [0.5, 0.6) is 0 Å². The SMILES string of the molecule is CCNC(=O)OC[C@@H](N)C(C)(C)C.Cl. The molecule has 0 radical (unpaired) electrons. The van der Waals surface area contributed by atoms with Gasteiger partial charge in [-0.15, -0.1) is 12.4 Å². The third kappa shape index (κ3) is 6.97. The Hall–Kier alpha value is -0.480. The third-order valence-electron chi connectivity index (χ3n) is 1.83. The number of hydrogen-bond donors (Lipinski definition) is 2. The van der Waals surface area contributed by atoms with Crippen LogP contribution in [0, 0.1) is 5.41 Å². The zero-order chi connectivity index (χ0) is 10.5. The van der Waals surface area contributed by atoms with E-state index in [1.54, 1.807) is 0 Å². The maximum atomic E-state index is 10.9. The van der Waals surface area contributed by atoms with Crippen molar-refractivity contribution in [2.45, 2.75) is 33.7 Å². The highest BCUT2D eigenvalue weighted by molar-refractivity contribution is 5.85. The highest BCUT2D eigenvalue weighted by Crippen LogP contribution is 2.17. The van der Waals surface area contributed by atoms with E-state index >= 15 is 0 Å². The van der Waals surface area contributed by atoms with E-state index < -0.39 is 6.09 Å². The standard InChI is InChI=1S/C9H20N2O2.ClH/c1-5-11-8(12)13-6-7(10)9(2,3)4;/h7H,5-6,10H2,1-4H3,(H,11,12);1H/t7-;/m1./s1. The Morgan fingerprint density at radius 3 is 2.36 bits per heavy atom. The fraction of sp³-hybridized carbons (Fsp3) is 0.889. The smallest absolute Gasteiger partial charge is 0.407 e. The van der Waals surface area contributed by atoms with Crippen LogP contribution in [0.1, 0.15) is 27.7 Å². The van der Waals surface area contributed by atoms with Crippen molar-refractivity contribution in [3.05, 3.63) is 0 Å². The van der Waals surface area contributed by atoms with Gasteiger partial charge in [0.15, 0.2) is 0 Å². The van der Waals surface area contributed by atoms with Crippen LogP contribution >= 0.6 is 12.4 Å². The zero-order valence-electron chi connectivity index (χ0n) is 9.29. The predicted molar refractivity (Wildman–Crippen MR) is 59.7 cm³/mol. The van der Waals surface area contributed by atoms with Crippen molar-refractivity contribution in [3.8, 4) is 0 Å². The Bertz CT molecular complexity index is 169. The number of halogens is 1. The first-order valence-corrected chi connectivity index (χ1v) is 4.54. The Labute approximate surface area is 92.0 Å². The lowest BCUT2D eigenvalue weighted by molar-refractivity contribution is 0.119. The van der Waals surface area contributed by atoms with Gasteiger partial charge in [-0.1, -0.05) is 20.8 Å². The zero-order valence-corrected chi connectivity index (χ0v) is 10.1. The van der Waals surface area contributed by atoms with Gasteiger partial charge in [0.1, 0.15) is 6.61 Å². The van der Waals surface area contributed by atoms with E-state index in [9.17, 15) is 4.79 Å². The van der Waals surface area contributed by atoms with Gasteiger partial charge in [0, 0.05) is 12.6 Å². The maximum absolute atomic E-state index is 10.9. The van der Waals surface area contributed by atoms with Gasteiger partial charge in [-0.2, -0.15) is 0 Å². The Balaban J connectivity index is 0. The first-order valence-electron chi connectivity index (χ1n) is 4.54. The highest BCUT2D eigenvalue weighted by Gasteiger charge is 2.21. The molecule has 1 atom stereocenters. The summed E-state index contributed by atoms with van der Waals surface area (Å²) in [5.74, 6) is 0. The minimum Gasteiger partial charge on any atom is -0.448 e. The van der Waals surface area contributed by atoms with E-state index in [1.165, 1.54) is 0 Å². The number of nitrogens with two attached hydrogens (primary N) is 1. The van der Waals surface area contributed by atoms with Crippen LogP contribution in [-0.2, 0) is 4.74 Å². The number of alkyl carbamates (subject to hydrolysis) is 1. The fourth-order valence-electron chi connectivity index (χ4n) is 0.611. The molecule has 0 saturated carbocycles. The molecule has 0 saturated heterocycles. The van der Waals surface area contributed by atoms with Crippen molar-refractivity contribution in [2.75, 3.05) is 13.2 Å². The molecule has 0 aliphatic rings. The topological polar surface area (TPSA) is 64.3 Å². The minimum absolute atomic E-state index is 0. The third-order valence-corrected chi connectivity index (χ3v) is 1.83. The van der Waals surface area contributed by atoms with Gasteiger partial charge in [-0.05, 0) is 12.3 Å². The van der Waals surface area contributed by atoms with Crippen molar-refractivity contribution in [2.24, 2.45) is 11.1 Å². The van der Waals surface area contributed by atoms with Crippen LogP contribution in [0.15, 0.2) is 0 Å². The second-order valence-electron chi connectivity index (χ2n) is 4.10. The molecule has 4 nitrogen and oxygen atoms in total. The molecule has 0 bridgehead atoms. The summed E-state index contributed by atoms with van der Waals surface area (Å²) in [7, 11) is 0. The number of hydrogen-bond acceptors (Lipinski definition) is 3. The fourth-order valence-corrected chi connectivity index (χ4v) is 0.611. The number of carbonyl (C=O) groups excluding carboxylic acids is 1. The molecular formula is C9H21ClN2O2. The second-order valence-corrected chi connectivity index (χ2v) is 4.10. The number of nitrogens with one attached hydrogen (secondary N) is 1. The molecule has 0 spiro atoms. The molecule has 3 N–H and O–H groups in total. The number of ether oxygens (including phenoxy) is 1. The van der Waals surface area contributed by atoms with E-state index in [2.05, 4.69) is 5.32 Å². The van der Waals surface area contributed by atoms with Crippen molar-refractivity contribution >= 4 is 18.5 Å². The molecule has 14 heavy (non-hydrogen) atoms. The van der Waals surface area contributed by atoms with Crippen molar-refractivity contribution in [1.29, 1.82) is 0 Å².